The lowest BCUT2D eigenvalue weighted by atomic mass is 10.4. The van der Waals surface area contributed by atoms with Gasteiger partial charge in [0.15, 0.2) is 0 Å². The first kappa shape index (κ1) is 15.2. The predicted molar refractivity (Wildman–Crippen MR) is 52.3 cm³/mol. The maximum Gasteiger partial charge on any atom is 0.266 e. The smallest absolute Gasteiger partial charge is 0.266 e. The van der Waals surface area contributed by atoms with Gasteiger partial charge in [0, 0.05) is 12.1 Å². The summed E-state index contributed by atoms with van der Waals surface area (Å²) in [6, 6.07) is 0. The molecule has 0 atom stereocenters. The van der Waals surface area contributed by atoms with Gasteiger partial charge in [-0.15, -0.1) is 16.8 Å². The minimum Gasteiger partial charge on any atom is -0.411 e. The van der Waals surface area contributed by atoms with E-state index in [2.05, 4.69) is 5.16 Å². The third-order valence-corrected chi connectivity index (χ3v) is 1.97. The number of nitrogens with zero attached hydrogens (tertiary/aromatic N) is 1. The van der Waals surface area contributed by atoms with Crippen LogP contribution in [-0.4, -0.2) is 36.0 Å². The first-order valence-corrected chi connectivity index (χ1v) is 5.79. The van der Waals surface area contributed by atoms with Crippen LogP contribution < -0.4 is 0 Å². The Morgan fingerprint density at radius 1 is 1.54 bits per heavy atom. The molecular weight excluding hydrogens is 218 g/mol. The standard InChI is InChI=1S/C4H9NO.C2H5ClO3S/c1-2-3-4-5-6;3-1-2-7(4,5)6/h4,6H,2-3H2,1H3;1-2H2,(H,4,5,6). The molecule has 13 heavy (non-hydrogen) atoms. The number of hydrogen-bond donors (Lipinski definition) is 2. The van der Waals surface area contributed by atoms with Crippen molar-refractivity contribution < 1.29 is 18.2 Å². The van der Waals surface area contributed by atoms with Crippen molar-refractivity contribution in [3.63, 3.8) is 0 Å². The van der Waals surface area contributed by atoms with Gasteiger partial charge in [0.05, 0.1) is 5.75 Å². The first-order chi connectivity index (χ1) is 5.97. The van der Waals surface area contributed by atoms with Crippen LogP contribution >= 0.6 is 11.6 Å². The number of hydrogen-bond acceptors (Lipinski definition) is 4. The second kappa shape index (κ2) is 9.76. The van der Waals surface area contributed by atoms with Gasteiger partial charge >= 0.3 is 0 Å². The molecule has 0 aliphatic heterocycles. The molecule has 0 saturated carbocycles. The highest BCUT2D eigenvalue weighted by Gasteiger charge is 1.99. The van der Waals surface area contributed by atoms with Gasteiger partial charge in [-0.2, -0.15) is 8.42 Å². The summed E-state index contributed by atoms with van der Waals surface area (Å²) in [5.41, 5.74) is 0. The highest BCUT2D eigenvalue weighted by Crippen LogP contribution is 1.82. The van der Waals surface area contributed by atoms with E-state index in [1.807, 2.05) is 6.92 Å². The van der Waals surface area contributed by atoms with Crippen molar-refractivity contribution in [1.29, 1.82) is 0 Å². The lowest BCUT2D eigenvalue weighted by Gasteiger charge is -1.84. The molecule has 2 N–H and O–H groups in total. The van der Waals surface area contributed by atoms with Crippen molar-refractivity contribution in [3.05, 3.63) is 0 Å². The van der Waals surface area contributed by atoms with Crippen LogP contribution in [0.5, 0.6) is 0 Å². The van der Waals surface area contributed by atoms with Crippen LogP contribution in [0.2, 0.25) is 0 Å². The highest BCUT2D eigenvalue weighted by molar-refractivity contribution is 7.85. The van der Waals surface area contributed by atoms with Gasteiger partial charge < -0.3 is 5.21 Å². The Bertz CT molecular complexity index is 215. The Kier molecular flexibility index (Phi) is 11.4. The van der Waals surface area contributed by atoms with Gasteiger partial charge in [-0.25, -0.2) is 0 Å². The molecule has 0 aromatic rings. The summed E-state index contributed by atoms with van der Waals surface area (Å²) in [6.07, 6.45) is 3.40. The number of rotatable bonds is 4. The molecule has 0 aliphatic rings. The predicted octanol–water partition coefficient (Wildman–Crippen LogP) is 1.36. The average molecular weight is 232 g/mol. The number of oxime groups is 1. The molecule has 0 saturated heterocycles. The maximum atomic E-state index is 9.70. The summed E-state index contributed by atoms with van der Waals surface area (Å²) in [6.45, 7) is 2.03. The van der Waals surface area contributed by atoms with Crippen molar-refractivity contribution >= 4 is 27.9 Å². The molecular formula is C6H14ClNO4S. The number of halogens is 1. The van der Waals surface area contributed by atoms with Crippen LogP contribution in [-0.2, 0) is 10.1 Å². The second-order valence-electron chi connectivity index (χ2n) is 2.06. The minimum absolute atomic E-state index is 0.0567. The summed E-state index contributed by atoms with van der Waals surface area (Å²) in [4.78, 5) is 0. The molecule has 80 valence electrons. The Labute approximate surface area is 83.1 Å². The van der Waals surface area contributed by atoms with Crippen LogP contribution in [0, 0.1) is 0 Å². The maximum absolute atomic E-state index is 9.70. The molecule has 0 aromatic carbocycles. The van der Waals surface area contributed by atoms with Crippen LogP contribution in [0.15, 0.2) is 5.16 Å². The van der Waals surface area contributed by atoms with E-state index in [4.69, 9.17) is 21.4 Å². The second-order valence-corrected chi connectivity index (χ2v) is 4.01. The summed E-state index contributed by atoms with van der Waals surface area (Å²) < 4.78 is 27.3. The van der Waals surface area contributed by atoms with E-state index in [0.717, 1.165) is 12.8 Å². The van der Waals surface area contributed by atoms with Crippen molar-refractivity contribution in [2.45, 2.75) is 19.8 Å². The van der Waals surface area contributed by atoms with Crippen LogP contribution in [0.4, 0.5) is 0 Å². The molecule has 0 bridgehead atoms. The summed E-state index contributed by atoms with van der Waals surface area (Å²) in [5.74, 6) is -0.423. The van der Waals surface area contributed by atoms with E-state index >= 15 is 0 Å². The van der Waals surface area contributed by atoms with Crippen LogP contribution in [0.25, 0.3) is 0 Å². The minimum atomic E-state index is -3.81. The van der Waals surface area contributed by atoms with Gasteiger partial charge in [0.1, 0.15) is 0 Å². The molecule has 5 nitrogen and oxygen atoms in total. The van der Waals surface area contributed by atoms with Crippen molar-refractivity contribution in [1.82, 2.24) is 0 Å². The average Bonchev–Trinajstić information content (AvgIpc) is 1.99. The third-order valence-electron chi connectivity index (χ3n) is 0.835. The third kappa shape index (κ3) is 24.5. The number of unbranched alkanes of at least 4 members (excludes halogenated alkanes) is 1. The zero-order valence-electron chi connectivity index (χ0n) is 7.35. The lowest BCUT2D eigenvalue weighted by Crippen LogP contribution is -2.03. The van der Waals surface area contributed by atoms with E-state index < -0.39 is 10.1 Å². The van der Waals surface area contributed by atoms with Crippen molar-refractivity contribution in [3.8, 4) is 0 Å². The number of alkyl halides is 1. The van der Waals surface area contributed by atoms with Crippen LogP contribution in [0.1, 0.15) is 19.8 Å². The Hall–Kier alpha value is -0.330. The first-order valence-electron chi connectivity index (χ1n) is 3.65. The molecule has 0 fully saturated rings. The largest absolute Gasteiger partial charge is 0.411 e. The van der Waals surface area contributed by atoms with E-state index in [1.54, 1.807) is 0 Å². The molecule has 0 heterocycles. The SMILES string of the molecule is CCCC=NO.O=S(=O)(O)CCCl. The Balaban J connectivity index is 0. The van der Waals surface area contributed by atoms with Crippen molar-refractivity contribution in [2.75, 3.05) is 11.6 Å². The topological polar surface area (TPSA) is 87.0 Å². The van der Waals surface area contributed by atoms with E-state index in [-0.39, 0.29) is 11.6 Å². The molecule has 0 amide bonds. The fourth-order valence-corrected chi connectivity index (χ4v) is 1.06. The molecule has 0 radical (unpaired) electrons. The molecule has 0 spiro atoms. The lowest BCUT2D eigenvalue weighted by molar-refractivity contribution is 0.320. The van der Waals surface area contributed by atoms with Crippen LogP contribution in [0.3, 0.4) is 0 Å². The molecule has 0 aromatic heterocycles. The molecule has 0 rings (SSSR count). The summed E-state index contributed by atoms with van der Waals surface area (Å²) >= 11 is 4.95. The van der Waals surface area contributed by atoms with Gasteiger partial charge in [-0.3, -0.25) is 4.55 Å². The highest BCUT2D eigenvalue weighted by atomic mass is 35.5. The zero-order valence-corrected chi connectivity index (χ0v) is 8.92. The molecule has 7 heteroatoms. The molecule has 0 unspecified atom stereocenters. The van der Waals surface area contributed by atoms with Crippen molar-refractivity contribution in [2.24, 2.45) is 5.16 Å². The van der Waals surface area contributed by atoms with E-state index in [9.17, 15) is 8.42 Å². The Morgan fingerprint density at radius 3 is 2.15 bits per heavy atom. The van der Waals surface area contributed by atoms with Gasteiger partial charge in [0.25, 0.3) is 10.1 Å². The monoisotopic (exact) mass is 231 g/mol. The van der Waals surface area contributed by atoms with Gasteiger partial charge in [0.2, 0.25) is 0 Å². The summed E-state index contributed by atoms with van der Waals surface area (Å²) in [7, 11) is -3.81. The van der Waals surface area contributed by atoms with E-state index in [1.165, 1.54) is 6.21 Å². The fraction of sp³-hybridized carbons (Fsp3) is 0.833. The Morgan fingerprint density at radius 2 is 2.08 bits per heavy atom. The zero-order chi connectivity index (χ0) is 10.7. The fourth-order valence-electron chi connectivity index (χ4n) is 0.284. The molecule has 0 aliphatic carbocycles. The van der Waals surface area contributed by atoms with E-state index in [0.29, 0.717) is 0 Å². The van der Waals surface area contributed by atoms with Gasteiger partial charge in [-0.05, 0) is 6.42 Å². The summed E-state index contributed by atoms with van der Waals surface area (Å²) in [5, 5.41) is 10.6. The van der Waals surface area contributed by atoms with Gasteiger partial charge in [-0.1, -0.05) is 13.3 Å². The quantitative estimate of drug-likeness (QED) is 0.251. The normalized spacial score (nSPS) is 11.0.